The van der Waals surface area contributed by atoms with Gasteiger partial charge in [-0.25, -0.2) is 0 Å². The largest absolute Gasteiger partial charge is 0.368 e. The summed E-state index contributed by atoms with van der Waals surface area (Å²) in [5, 5.41) is 3.21. The molecule has 1 aliphatic rings. The Morgan fingerprint density at radius 3 is 2.42 bits per heavy atom. The molecule has 24 heavy (non-hydrogen) atoms. The molecule has 1 aromatic heterocycles. The molecule has 0 saturated carbocycles. The minimum Gasteiger partial charge on any atom is -0.368 e. The van der Waals surface area contributed by atoms with Crippen molar-refractivity contribution in [3.63, 3.8) is 0 Å². The van der Waals surface area contributed by atoms with Gasteiger partial charge in [0, 0.05) is 31.9 Å². The number of nitrogens with zero attached hydrogens (tertiary/aromatic N) is 5. The minimum atomic E-state index is 0.252. The van der Waals surface area contributed by atoms with E-state index in [0.29, 0.717) is 18.3 Å². The van der Waals surface area contributed by atoms with Crippen LogP contribution in [0.1, 0.15) is 18.3 Å². The number of hydrogen-bond acceptors (Lipinski definition) is 7. The van der Waals surface area contributed by atoms with Crippen LogP contribution >= 0.6 is 0 Å². The predicted octanol–water partition coefficient (Wildman–Crippen LogP) is 1.51. The van der Waals surface area contributed by atoms with Gasteiger partial charge in [0.25, 0.3) is 0 Å². The fourth-order valence-electron chi connectivity index (χ4n) is 2.72. The van der Waals surface area contributed by atoms with Crippen LogP contribution in [-0.4, -0.2) is 58.0 Å². The van der Waals surface area contributed by atoms with Crippen LogP contribution < -0.4 is 11.1 Å². The van der Waals surface area contributed by atoms with E-state index in [4.69, 9.17) is 5.73 Å². The first-order valence-corrected chi connectivity index (χ1v) is 8.39. The van der Waals surface area contributed by atoms with Gasteiger partial charge in [-0.3, -0.25) is 4.90 Å². The SMILES string of the molecule is CCc1ccc(Nc2nc(N)nc(CN3CCN(C)CC3)n2)cc1. The van der Waals surface area contributed by atoms with Crippen LogP contribution in [0.25, 0.3) is 0 Å². The summed E-state index contributed by atoms with van der Waals surface area (Å²) in [5.74, 6) is 1.46. The van der Waals surface area contributed by atoms with Gasteiger partial charge in [0.05, 0.1) is 6.54 Å². The van der Waals surface area contributed by atoms with Gasteiger partial charge in [-0.15, -0.1) is 0 Å². The number of piperazine rings is 1. The molecular formula is C17H25N7. The second-order valence-corrected chi connectivity index (χ2v) is 6.19. The highest BCUT2D eigenvalue weighted by Gasteiger charge is 2.16. The number of anilines is 3. The monoisotopic (exact) mass is 327 g/mol. The van der Waals surface area contributed by atoms with Gasteiger partial charge in [0.2, 0.25) is 11.9 Å². The van der Waals surface area contributed by atoms with Crippen molar-refractivity contribution in [3.05, 3.63) is 35.7 Å². The number of aromatic nitrogens is 3. The third-order valence-corrected chi connectivity index (χ3v) is 4.28. The summed E-state index contributed by atoms with van der Waals surface area (Å²) in [4.78, 5) is 17.7. The summed E-state index contributed by atoms with van der Waals surface area (Å²) in [6.07, 6.45) is 1.02. The van der Waals surface area contributed by atoms with Crippen molar-refractivity contribution in [2.45, 2.75) is 19.9 Å². The van der Waals surface area contributed by atoms with E-state index >= 15 is 0 Å². The molecule has 1 aliphatic heterocycles. The van der Waals surface area contributed by atoms with E-state index < -0.39 is 0 Å². The lowest BCUT2D eigenvalue weighted by atomic mass is 10.1. The molecule has 2 aromatic rings. The average Bonchev–Trinajstić information content (AvgIpc) is 2.57. The zero-order chi connectivity index (χ0) is 16.9. The number of rotatable bonds is 5. The first-order valence-electron chi connectivity index (χ1n) is 8.39. The molecule has 0 aliphatic carbocycles. The maximum absolute atomic E-state index is 5.86. The van der Waals surface area contributed by atoms with Gasteiger partial charge in [0.15, 0.2) is 0 Å². The molecule has 1 saturated heterocycles. The number of nitrogen functional groups attached to an aromatic ring is 1. The van der Waals surface area contributed by atoms with Crippen molar-refractivity contribution < 1.29 is 0 Å². The molecule has 7 nitrogen and oxygen atoms in total. The molecule has 3 N–H and O–H groups in total. The van der Waals surface area contributed by atoms with Gasteiger partial charge >= 0.3 is 0 Å². The van der Waals surface area contributed by atoms with E-state index in [9.17, 15) is 0 Å². The third-order valence-electron chi connectivity index (χ3n) is 4.28. The Hall–Kier alpha value is -2.25. The first-order chi connectivity index (χ1) is 11.6. The van der Waals surface area contributed by atoms with Crippen molar-refractivity contribution >= 4 is 17.6 Å². The standard InChI is InChI=1S/C17H25N7/c1-3-13-4-6-14(7-5-13)19-17-21-15(20-16(18)22-17)12-24-10-8-23(2)9-11-24/h4-7H,3,8-12H2,1-2H3,(H3,18,19,20,21,22). The summed E-state index contributed by atoms with van der Waals surface area (Å²) in [6, 6.07) is 8.24. The van der Waals surface area contributed by atoms with Crippen LogP contribution in [0.3, 0.4) is 0 Å². The highest BCUT2D eigenvalue weighted by molar-refractivity contribution is 5.54. The van der Waals surface area contributed by atoms with Crippen molar-refractivity contribution in [3.8, 4) is 0 Å². The zero-order valence-electron chi connectivity index (χ0n) is 14.4. The van der Waals surface area contributed by atoms with Crippen molar-refractivity contribution in [2.75, 3.05) is 44.3 Å². The Kier molecular flexibility index (Phi) is 5.22. The highest BCUT2D eigenvalue weighted by atomic mass is 15.3. The topological polar surface area (TPSA) is 83.2 Å². The molecule has 0 radical (unpaired) electrons. The van der Waals surface area contributed by atoms with E-state index in [-0.39, 0.29) is 5.95 Å². The van der Waals surface area contributed by atoms with Crippen LogP contribution in [-0.2, 0) is 13.0 Å². The normalized spacial score (nSPS) is 16.2. The smallest absolute Gasteiger partial charge is 0.232 e. The molecule has 0 atom stereocenters. The maximum atomic E-state index is 5.86. The van der Waals surface area contributed by atoms with Gasteiger partial charge in [0.1, 0.15) is 5.82 Å². The molecule has 1 fully saturated rings. The van der Waals surface area contributed by atoms with E-state index in [1.54, 1.807) is 0 Å². The molecule has 3 rings (SSSR count). The second kappa shape index (κ2) is 7.55. The second-order valence-electron chi connectivity index (χ2n) is 6.19. The third kappa shape index (κ3) is 4.39. The minimum absolute atomic E-state index is 0.252. The van der Waals surface area contributed by atoms with Crippen molar-refractivity contribution in [1.82, 2.24) is 24.8 Å². The van der Waals surface area contributed by atoms with Crippen LogP contribution in [0.15, 0.2) is 24.3 Å². The van der Waals surface area contributed by atoms with Crippen LogP contribution in [0.4, 0.5) is 17.6 Å². The zero-order valence-corrected chi connectivity index (χ0v) is 14.4. The summed E-state index contributed by atoms with van der Waals surface area (Å²) in [7, 11) is 2.14. The van der Waals surface area contributed by atoms with E-state index in [1.807, 2.05) is 12.1 Å². The Labute approximate surface area is 142 Å². The van der Waals surface area contributed by atoms with Gasteiger partial charge in [-0.05, 0) is 31.2 Å². The lowest BCUT2D eigenvalue weighted by Gasteiger charge is -2.31. The number of hydrogen-bond donors (Lipinski definition) is 2. The van der Waals surface area contributed by atoms with E-state index in [0.717, 1.165) is 38.3 Å². The number of benzene rings is 1. The molecular weight excluding hydrogens is 302 g/mol. The van der Waals surface area contributed by atoms with Crippen LogP contribution in [0.5, 0.6) is 0 Å². The fraction of sp³-hybridized carbons (Fsp3) is 0.471. The first kappa shape index (κ1) is 16.6. The maximum Gasteiger partial charge on any atom is 0.232 e. The van der Waals surface area contributed by atoms with E-state index in [2.05, 4.69) is 56.2 Å². The Balaban J connectivity index is 1.68. The van der Waals surface area contributed by atoms with Crippen molar-refractivity contribution in [1.29, 1.82) is 0 Å². The van der Waals surface area contributed by atoms with Crippen LogP contribution in [0.2, 0.25) is 0 Å². The average molecular weight is 327 g/mol. The van der Waals surface area contributed by atoms with Crippen LogP contribution in [0, 0.1) is 0 Å². The lowest BCUT2D eigenvalue weighted by Crippen LogP contribution is -2.44. The number of likely N-dealkylation sites (N-methyl/N-ethyl adjacent to an activating group) is 1. The fourth-order valence-corrected chi connectivity index (χ4v) is 2.72. The highest BCUT2D eigenvalue weighted by Crippen LogP contribution is 2.15. The molecule has 0 amide bonds. The molecule has 0 unspecified atom stereocenters. The molecule has 0 bridgehead atoms. The summed E-state index contributed by atoms with van der Waals surface area (Å²) in [6.45, 7) is 7.00. The molecule has 128 valence electrons. The number of nitrogens with two attached hydrogens (primary N) is 1. The number of nitrogens with one attached hydrogen (secondary N) is 1. The summed E-state index contributed by atoms with van der Waals surface area (Å²) in [5.41, 5.74) is 8.10. The molecule has 1 aromatic carbocycles. The molecule has 2 heterocycles. The Bertz CT molecular complexity index is 663. The lowest BCUT2D eigenvalue weighted by molar-refractivity contribution is 0.145. The van der Waals surface area contributed by atoms with Crippen molar-refractivity contribution in [2.24, 2.45) is 0 Å². The Morgan fingerprint density at radius 1 is 1.04 bits per heavy atom. The Morgan fingerprint density at radius 2 is 1.75 bits per heavy atom. The molecule has 7 heteroatoms. The summed E-state index contributed by atoms with van der Waals surface area (Å²) >= 11 is 0. The van der Waals surface area contributed by atoms with Gasteiger partial charge in [-0.2, -0.15) is 15.0 Å². The van der Waals surface area contributed by atoms with Gasteiger partial charge < -0.3 is 16.0 Å². The van der Waals surface area contributed by atoms with E-state index in [1.165, 1.54) is 5.56 Å². The quantitative estimate of drug-likeness (QED) is 0.861. The predicted molar refractivity (Wildman–Crippen MR) is 96.1 cm³/mol. The molecule has 0 spiro atoms. The number of aryl methyl sites for hydroxylation is 1. The summed E-state index contributed by atoms with van der Waals surface area (Å²) < 4.78 is 0. The van der Waals surface area contributed by atoms with Gasteiger partial charge in [-0.1, -0.05) is 19.1 Å².